The van der Waals surface area contributed by atoms with Gasteiger partial charge in [0.15, 0.2) is 0 Å². The zero-order valence-corrected chi connectivity index (χ0v) is 19.1. The zero-order chi connectivity index (χ0) is 22.3. The molecule has 3 aromatic rings. The van der Waals surface area contributed by atoms with Gasteiger partial charge >= 0.3 is 0 Å². The van der Waals surface area contributed by atoms with E-state index in [-0.39, 0.29) is 28.6 Å². The quantitative estimate of drug-likeness (QED) is 0.522. The normalized spacial score (nSPS) is 14.9. The Morgan fingerprint density at radius 2 is 1.91 bits per heavy atom. The van der Waals surface area contributed by atoms with Gasteiger partial charge in [0, 0.05) is 23.0 Å². The highest BCUT2D eigenvalue weighted by atomic mass is 32.1. The standard InChI is InChI=1S/C22H24FN5O2S2/c23-16-3-5-17(6-4-16)25-21(30)22-27-26-19(32-22)14-28-11-8-15(9-12-28)20(29)24-10-7-18-2-1-13-31-18/h1-6,13,15H,7-12,14H2,(H,24,29)(H,25,30). The molecule has 2 amide bonds. The van der Waals surface area contributed by atoms with Crippen LogP contribution in [-0.2, 0) is 17.8 Å². The number of hydrogen-bond acceptors (Lipinski definition) is 7. The number of hydrogen-bond donors (Lipinski definition) is 2. The Hall–Kier alpha value is -2.69. The number of likely N-dealkylation sites (tertiary alicyclic amines) is 1. The zero-order valence-electron chi connectivity index (χ0n) is 17.4. The Labute approximate surface area is 193 Å². The topological polar surface area (TPSA) is 87.2 Å². The van der Waals surface area contributed by atoms with Crippen LogP contribution < -0.4 is 10.6 Å². The average molecular weight is 474 g/mol. The van der Waals surface area contributed by atoms with E-state index in [0.717, 1.165) is 37.4 Å². The first-order valence-electron chi connectivity index (χ1n) is 10.5. The van der Waals surface area contributed by atoms with Gasteiger partial charge in [-0.2, -0.15) is 0 Å². The van der Waals surface area contributed by atoms with E-state index < -0.39 is 0 Å². The number of thiophene rings is 1. The summed E-state index contributed by atoms with van der Waals surface area (Å²) in [6.07, 6.45) is 2.49. The molecule has 0 radical (unpaired) electrons. The Bertz CT molecular complexity index is 1030. The summed E-state index contributed by atoms with van der Waals surface area (Å²) in [6.45, 7) is 2.89. The third-order valence-electron chi connectivity index (χ3n) is 5.33. The molecule has 1 saturated heterocycles. The monoisotopic (exact) mass is 473 g/mol. The number of amides is 2. The van der Waals surface area contributed by atoms with Gasteiger partial charge in [-0.3, -0.25) is 14.5 Å². The summed E-state index contributed by atoms with van der Waals surface area (Å²) in [6, 6.07) is 9.68. The number of nitrogens with one attached hydrogen (secondary N) is 2. The van der Waals surface area contributed by atoms with Crippen molar-refractivity contribution < 1.29 is 14.0 Å². The minimum atomic E-state index is -0.363. The molecule has 3 heterocycles. The first-order chi connectivity index (χ1) is 15.6. The van der Waals surface area contributed by atoms with Crippen LogP contribution >= 0.6 is 22.7 Å². The SMILES string of the molecule is O=C(Nc1ccc(F)cc1)c1nnc(CN2CCC(C(=O)NCCc3cccs3)CC2)s1. The van der Waals surface area contributed by atoms with Crippen molar-refractivity contribution >= 4 is 40.2 Å². The molecule has 0 spiro atoms. The first-order valence-corrected chi connectivity index (χ1v) is 12.2. The van der Waals surface area contributed by atoms with Gasteiger partial charge in [0.2, 0.25) is 10.9 Å². The smallest absolute Gasteiger partial charge is 0.286 e. The van der Waals surface area contributed by atoms with E-state index >= 15 is 0 Å². The largest absolute Gasteiger partial charge is 0.355 e. The molecule has 1 aliphatic heterocycles. The van der Waals surface area contributed by atoms with Gasteiger partial charge < -0.3 is 10.6 Å². The van der Waals surface area contributed by atoms with Gasteiger partial charge in [0.25, 0.3) is 5.91 Å². The van der Waals surface area contributed by atoms with Crippen molar-refractivity contribution in [3.63, 3.8) is 0 Å². The molecule has 1 aromatic carbocycles. The van der Waals surface area contributed by atoms with Crippen LogP contribution in [0.5, 0.6) is 0 Å². The van der Waals surface area contributed by atoms with Gasteiger partial charge in [0.1, 0.15) is 10.8 Å². The van der Waals surface area contributed by atoms with E-state index in [1.54, 1.807) is 11.3 Å². The van der Waals surface area contributed by atoms with Crippen LogP contribution in [0.3, 0.4) is 0 Å². The molecule has 2 N–H and O–H groups in total. The summed E-state index contributed by atoms with van der Waals surface area (Å²) in [4.78, 5) is 28.3. The lowest BCUT2D eigenvalue weighted by atomic mass is 9.96. The van der Waals surface area contributed by atoms with E-state index in [9.17, 15) is 14.0 Å². The number of carbonyl (C=O) groups excluding carboxylic acids is 2. The highest BCUT2D eigenvalue weighted by Crippen LogP contribution is 2.21. The van der Waals surface area contributed by atoms with Gasteiger partial charge in [0.05, 0.1) is 6.54 Å². The van der Waals surface area contributed by atoms with Gasteiger partial charge in [-0.05, 0) is 68.1 Å². The van der Waals surface area contributed by atoms with Crippen molar-refractivity contribution in [2.75, 3.05) is 25.0 Å². The number of nitrogens with zero attached hydrogens (tertiary/aromatic N) is 3. The van der Waals surface area contributed by atoms with Crippen LogP contribution in [0.25, 0.3) is 0 Å². The van der Waals surface area contributed by atoms with Crippen LogP contribution in [0, 0.1) is 11.7 Å². The molecule has 0 saturated carbocycles. The van der Waals surface area contributed by atoms with E-state index in [1.165, 1.54) is 40.5 Å². The molecular weight excluding hydrogens is 449 g/mol. The number of aromatic nitrogens is 2. The van der Waals surface area contributed by atoms with Crippen molar-refractivity contribution in [2.24, 2.45) is 5.92 Å². The lowest BCUT2D eigenvalue weighted by molar-refractivity contribution is -0.126. The Morgan fingerprint density at radius 1 is 1.12 bits per heavy atom. The summed E-state index contributed by atoms with van der Waals surface area (Å²) in [5.41, 5.74) is 0.504. The second-order valence-corrected chi connectivity index (χ2v) is 9.73. The second-order valence-electron chi connectivity index (χ2n) is 7.63. The third kappa shape index (κ3) is 6.18. The van der Waals surface area contributed by atoms with Crippen molar-refractivity contribution in [3.8, 4) is 0 Å². The van der Waals surface area contributed by atoms with Crippen LogP contribution in [0.4, 0.5) is 10.1 Å². The Morgan fingerprint density at radius 3 is 2.62 bits per heavy atom. The fraction of sp³-hybridized carbons (Fsp3) is 0.364. The fourth-order valence-electron chi connectivity index (χ4n) is 3.58. The highest BCUT2D eigenvalue weighted by Gasteiger charge is 2.25. The van der Waals surface area contributed by atoms with E-state index in [2.05, 4.69) is 31.8 Å². The van der Waals surface area contributed by atoms with Crippen LogP contribution in [-0.4, -0.2) is 46.5 Å². The maximum atomic E-state index is 13.0. The lowest BCUT2D eigenvalue weighted by Crippen LogP contribution is -2.40. The molecule has 10 heteroatoms. The predicted octanol–water partition coefficient (Wildman–Crippen LogP) is 3.56. The number of carbonyl (C=O) groups is 2. The molecular formula is C22H24FN5O2S2. The Balaban J connectivity index is 1.19. The summed E-state index contributed by atoms with van der Waals surface area (Å²) < 4.78 is 13.0. The van der Waals surface area contributed by atoms with Gasteiger partial charge in [-0.15, -0.1) is 21.5 Å². The summed E-state index contributed by atoms with van der Waals surface area (Å²) in [5, 5.41) is 16.9. The molecule has 0 atom stereocenters. The Kier molecular flexibility index (Phi) is 7.56. The molecule has 32 heavy (non-hydrogen) atoms. The third-order valence-corrected chi connectivity index (χ3v) is 7.17. The number of piperidine rings is 1. The average Bonchev–Trinajstić information content (AvgIpc) is 3.48. The summed E-state index contributed by atoms with van der Waals surface area (Å²) in [7, 11) is 0. The molecule has 0 bridgehead atoms. The van der Waals surface area contributed by atoms with Gasteiger partial charge in [-0.25, -0.2) is 4.39 Å². The highest BCUT2D eigenvalue weighted by molar-refractivity contribution is 7.13. The minimum Gasteiger partial charge on any atom is -0.355 e. The maximum absolute atomic E-state index is 13.0. The first kappa shape index (κ1) is 22.5. The van der Waals surface area contributed by atoms with Crippen molar-refractivity contribution in [1.29, 1.82) is 0 Å². The summed E-state index contributed by atoms with van der Waals surface area (Å²) in [5.74, 6) is -0.544. The van der Waals surface area contributed by atoms with E-state index in [4.69, 9.17) is 0 Å². The molecule has 1 fully saturated rings. The maximum Gasteiger partial charge on any atom is 0.286 e. The van der Waals surface area contributed by atoms with Crippen molar-refractivity contribution in [3.05, 3.63) is 62.5 Å². The molecule has 7 nitrogen and oxygen atoms in total. The summed E-state index contributed by atoms with van der Waals surface area (Å²) >= 11 is 2.95. The van der Waals surface area contributed by atoms with Crippen LogP contribution in [0.1, 0.15) is 32.5 Å². The van der Waals surface area contributed by atoms with Crippen molar-refractivity contribution in [1.82, 2.24) is 20.4 Å². The fourth-order valence-corrected chi connectivity index (χ4v) is 5.07. The number of benzene rings is 1. The predicted molar refractivity (Wildman–Crippen MR) is 123 cm³/mol. The second kappa shape index (κ2) is 10.8. The number of anilines is 1. The molecule has 0 aliphatic carbocycles. The van der Waals surface area contributed by atoms with Crippen LogP contribution in [0.2, 0.25) is 0 Å². The number of halogens is 1. The molecule has 4 rings (SSSR count). The van der Waals surface area contributed by atoms with E-state index in [0.29, 0.717) is 18.8 Å². The minimum absolute atomic E-state index is 0.0426. The molecule has 2 aromatic heterocycles. The number of rotatable bonds is 8. The molecule has 1 aliphatic rings. The molecule has 0 unspecified atom stereocenters. The van der Waals surface area contributed by atoms with Crippen LogP contribution in [0.15, 0.2) is 41.8 Å². The molecule has 168 valence electrons. The van der Waals surface area contributed by atoms with E-state index in [1.807, 2.05) is 11.4 Å². The van der Waals surface area contributed by atoms with Crippen molar-refractivity contribution in [2.45, 2.75) is 25.8 Å². The lowest BCUT2D eigenvalue weighted by Gasteiger charge is -2.30. The van der Waals surface area contributed by atoms with Gasteiger partial charge in [-0.1, -0.05) is 17.4 Å².